The number of likely N-dealkylation sites (N-methyl/N-ethyl adjacent to an activating group) is 1. The second kappa shape index (κ2) is 9.39. The molecule has 7 heteroatoms. The molecule has 0 saturated heterocycles. The fraction of sp³-hybridized carbons (Fsp3) is 0.444. The SMILES string of the molecule is CC(Cc1ccsc1)NC(=O)NC[C@H](Cc1cc[nH]c(=O)c1)N(C)C. The van der Waals surface area contributed by atoms with Crippen LogP contribution in [0.2, 0.25) is 0 Å². The summed E-state index contributed by atoms with van der Waals surface area (Å²) in [6, 6.07) is 5.57. The lowest BCUT2D eigenvalue weighted by molar-refractivity contribution is 0.229. The highest BCUT2D eigenvalue weighted by molar-refractivity contribution is 7.07. The molecule has 0 fully saturated rings. The third-order valence-corrected chi connectivity index (χ3v) is 4.77. The van der Waals surface area contributed by atoms with Gasteiger partial charge >= 0.3 is 6.03 Å². The van der Waals surface area contributed by atoms with Crippen LogP contribution < -0.4 is 16.2 Å². The van der Waals surface area contributed by atoms with Crippen molar-refractivity contribution in [2.75, 3.05) is 20.6 Å². The summed E-state index contributed by atoms with van der Waals surface area (Å²) in [6.45, 7) is 2.51. The summed E-state index contributed by atoms with van der Waals surface area (Å²) in [6.07, 6.45) is 3.17. The Morgan fingerprint density at radius 3 is 2.72 bits per heavy atom. The summed E-state index contributed by atoms with van der Waals surface area (Å²) in [4.78, 5) is 28.2. The zero-order valence-corrected chi connectivity index (χ0v) is 15.7. The quantitative estimate of drug-likeness (QED) is 0.671. The van der Waals surface area contributed by atoms with E-state index in [9.17, 15) is 9.59 Å². The van der Waals surface area contributed by atoms with E-state index >= 15 is 0 Å². The van der Waals surface area contributed by atoms with Gasteiger partial charge in [0.25, 0.3) is 0 Å². The van der Waals surface area contributed by atoms with Gasteiger partial charge in [0, 0.05) is 30.9 Å². The molecule has 0 radical (unpaired) electrons. The van der Waals surface area contributed by atoms with Gasteiger partial charge in [-0.1, -0.05) is 0 Å². The normalized spacial score (nSPS) is 13.4. The number of thiophene rings is 1. The van der Waals surface area contributed by atoms with Crippen molar-refractivity contribution in [1.29, 1.82) is 0 Å². The third-order valence-electron chi connectivity index (χ3n) is 4.04. The molecular formula is C18H26N4O2S. The van der Waals surface area contributed by atoms with Crippen LogP contribution >= 0.6 is 11.3 Å². The van der Waals surface area contributed by atoms with Crippen molar-refractivity contribution in [3.63, 3.8) is 0 Å². The molecule has 0 spiro atoms. The summed E-state index contributed by atoms with van der Waals surface area (Å²) in [5, 5.41) is 10.0. The molecule has 136 valence electrons. The Morgan fingerprint density at radius 1 is 1.28 bits per heavy atom. The first-order chi connectivity index (χ1) is 11.9. The molecule has 0 aliphatic heterocycles. The van der Waals surface area contributed by atoms with Crippen molar-refractivity contribution in [3.05, 3.63) is 56.6 Å². The predicted octanol–water partition coefficient (Wildman–Crippen LogP) is 1.84. The van der Waals surface area contributed by atoms with Gasteiger partial charge in [0.1, 0.15) is 0 Å². The number of pyridine rings is 1. The van der Waals surface area contributed by atoms with Crippen LogP contribution in [0.5, 0.6) is 0 Å². The number of aromatic nitrogens is 1. The van der Waals surface area contributed by atoms with Crippen LogP contribution in [0.4, 0.5) is 4.79 Å². The zero-order chi connectivity index (χ0) is 18.2. The number of hydrogen-bond acceptors (Lipinski definition) is 4. The molecule has 2 rings (SSSR count). The minimum absolute atomic E-state index is 0.0695. The monoisotopic (exact) mass is 362 g/mol. The summed E-state index contributed by atoms with van der Waals surface area (Å²) in [5.74, 6) is 0. The first kappa shape index (κ1) is 19.2. The van der Waals surface area contributed by atoms with E-state index in [0.717, 1.165) is 12.0 Å². The highest BCUT2D eigenvalue weighted by Crippen LogP contribution is 2.08. The predicted molar refractivity (Wildman–Crippen MR) is 102 cm³/mol. The number of carbonyl (C=O) groups is 1. The van der Waals surface area contributed by atoms with Gasteiger partial charge in [-0.05, 0) is 67.9 Å². The number of rotatable bonds is 8. The number of carbonyl (C=O) groups excluding carboxylic acids is 1. The van der Waals surface area contributed by atoms with E-state index in [-0.39, 0.29) is 23.7 Å². The Kier molecular flexibility index (Phi) is 7.21. The fourth-order valence-corrected chi connectivity index (χ4v) is 3.31. The Morgan fingerprint density at radius 2 is 2.08 bits per heavy atom. The molecule has 0 saturated carbocycles. The van der Waals surface area contributed by atoms with Crippen LogP contribution in [0.3, 0.4) is 0 Å². The smallest absolute Gasteiger partial charge is 0.315 e. The number of aromatic amines is 1. The summed E-state index contributed by atoms with van der Waals surface area (Å²) < 4.78 is 0. The van der Waals surface area contributed by atoms with Crippen LogP contribution in [-0.2, 0) is 12.8 Å². The molecule has 2 atom stereocenters. The van der Waals surface area contributed by atoms with Crippen molar-refractivity contribution in [1.82, 2.24) is 20.5 Å². The molecule has 0 aromatic carbocycles. The Hall–Kier alpha value is -2.12. The van der Waals surface area contributed by atoms with E-state index in [1.165, 1.54) is 5.56 Å². The summed E-state index contributed by atoms with van der Waals surface area (Å²) in [7, 11) is 3.94. The third kappa shape index (κ3) is 6.72. The maximum absolute atomic E-state index is 12.1. The number of H-pyrrole nitrogens is 1. The van der Waals surface area contributed by atoms with Crippen molar-refractivity contribution in [2.45, 2.75) is 31.8 Å². The van der Waals surface area contributed by atoms with Crippen molar-refractivity contribution in [2.24, 2.45) is 0 Å². The molecule has 3 N–H and O–H groups in total. The molecule has 2 amide bonds. The van der Waals surface area contributed by atoms with Crippen LogP contribution in [0, 0.1) is 0 Å². The number of nitrogens with zero attached hydrogens (tertiary/aromatic N) is 1. The summed E-state index contributed by atoms with van der Waals surface area (Å²) >= 11 is 1.66. The van der Waals surface area contributed by atoms with E-state index in [4.69, 9.17) is 0 Å². The van der Waals surface area contributed by atoms with Gasteiger partial charge < -0.3 is 20.5 Å². The molecule has 0 aliphatic rings. The molecule has 6 nitrogen and oxygen atoms in total. The van der Waals surface area contributed by atoms with E-state index in [2.05, 4.69) is 32.0 Å². The molecule has 25 heavy (non-hydrogen) atoms. The average Bonchev–Trinajstić information content (AvgIpc) is 3.03. The average molecular weight is 362 g/mol. The molecular weight excluding hydrogens is 336 g/mol. The Labute approximate surface area is 152 Å². The first-order valence-corrected chi connectivity index (χ1v) is 9.28. The molecule has 0 bridgehead atoms. The van der Waals surface area contributed by atoms with Gasteiger partial charge in [-0.3, -0.25) is 4.79 Å². The highest BCUT2D eigenvalue weighted by Gasteiger charge is 2.15. The van der Waals surface area contributed by atoms with Gasteiger partial charge in [-0.25, -0.2) is 4.79 Å². The Balaban J connectivity index is 1.81. The van der Waals surface area contributed by atoms with Crippen molar-refractivity contribution in [3.8, 4) is 0 Å². The molecule has 2 aromatic rings. The molecule has 2 aromatic heterocycles. The fourth-order valence-electron chi connectivity index (χ4n) is 2.62. The van der Waals surface area contributed by atoms with Gasteiger partial charge in [0.15, 0.2) is 0 Å². The second-order valence-electron chi connectivity index (χ2n) is 6.47. The highest BCUT2D eigenvalue weighted by atomic mass is 32.1. The lowest BCUT2D eigenvalue weighted by Gasteiger charge is -2.25. The largest absolute Gasteiger partial charge is 0.337 e. The van der Waals surface area contributed by atoms with E-state index < -0.39 is 0 Å². The molecule has 1 unspecified atom stereocenters. The van der Waals surface area contributed by atoms with E-state index in [1.54, 1.807) is 23.6 Å². The number of urea groups is 1. The molecule has 2 heterocycles. The van der Waals surface area contributed by atoms with Gasteiger partial charge in [-0.2, -0.15) is 11.3 Å². The van der Waals surface area contributed by atoms with Crippen molar-refractivity contribution >= 4 is 17.4 Å². The van der Waals surface area contributed by atoms with Crippen LogP contribution in [-0.4, -0.2) is 48.6 Å². The topological polar surface area (TPSA) is 77.2 Å². The zero-order valence-electron chi connectivity index (χ0n) is 14.9. The first-order valence-electron chi connectivity index (χ1n) is 8.33. The van der Waals surface area contributed by atoms with Gasteiger partial charge in [-0.15, -0.1) is 0 Å². The lowest BCUT2D eigenvalue weighted by atomic mass is 10.1. The summed E-state index contributed by atoms with van der Waals surface area (Å²) in [5.41, 5.74) is 2.08. The van der Waals surface area contributed by atoms with Crippen LogP contribution in [0.15, 0.2) is 40.0 Å². The van der Waals surface area contributed by atoms with Crippen LogP contribution in [0.25, 0.3) is 0 Å². The minimum Gasteiger partial charge on any atom is -0.337 e. The minimum atomic E-state index is -0.166. The standard InChI is InChI=1S/C18H26N4O2S/c1-13(8-15-5-7-25-12-15)21-18(24)20-11-16(22(2)3)9-14-4-6-19-17(23)10-14/h4-7,10,12-13,16H,8-9,11H2,1-3H3,(H,19,23)(H2,20,21,24)/t13?,16-/m0/s1. The van der Waals surface area contributed by atoms with Crippen LogP contribution in [0.1, 0.15) is 18.1 Å². The number of hydrogen-bond donors (Lipinski definition) is 3. The Bertz CT molecular complexity index is 712. The molecule has 0 aliphatic carbocycles. The van der Waals surface area contributed by atoms with Crippen molar-refractivity contribution < 1.29 is 4.79 Å². The maximum atomic E-state index is 12.1. The lowest BCUT2D eigenvalue weighted by Crippen LogP contribution is -2.47. The van der Waals surface area contributed by atoms with E-state index in [1.807, 2.05) is 32.5 Å². The number of nitrogens with one attached hydrogen (secondary N) is 3. The number of amides is 2. The van der Waals surface area contributed by atoms with Gasteiger partial charge in [0.2, 0.25) is 5.56 Å². The maximum Gasteiger partial charge on any atom is 0.315 e. The van der Waals surface area contributed by atoms with E-state index in [0.29, 0.717) is 13.0 Å². The van der Waals surface area contributed by atoms with Gasteiger partial charge in [0.05, 0.1) is 0 Å². The second-order valence-corrected chi connectivity index (χ2v) is 7.25.